The molecule has 0 bridgehead atoms. The van der Waals surface area contributed by atoms with Crippen LogP contribution in [0.2, 0.25) is 0 Å². The Morgan fingerprint density at radius 1 is 1.03 bits per heavy atom. The summed E-state index contributed by atoms with van der Waals surface area (Å²) in [4.78, 5) is 42.2. The van der Waals surface area contributed by atoms with Crippen molar-refractivity contribution in [3.63, 3.8) is 0 Å². The molecule has 0 aromatic carbocycles. The molecule has 0 N–H and O–H groups in total. The molecule has 1 fully saturated rings. The van der Waals surface area contributed by atoms with E-state index in [0.29, 0.717) is 26.1 Å². The van der Waals surface area contributed by atoms with Gasteiger partial charge in [-0.05, 0) is 45.4 Å². The molecule has 0 atom stereocenters. The third kappa shape index (κ3) is 4.89. The molecule has 158 valence electrons. The van der Waals surface area contributed by atoms with Crippen LogP contribution in [0, 0.1) is 0 Å². The summed E-state index contributed by atoms with van der Waals surface area (Å²) in [7, 11) is 0. The minimum atomic E-state index is -0.535. The number of ketones is 1. The van der Waals surface area contributed by atoms with E-state index >= 15 is 0 Å². The van der Waals surface area contributed by atoms with Crippen molar-refractivity contribution in [2.45, 2.75) is 46.6 Å². The fraction of sp³-hybridized carbons (Fsp3) is 0.591. The van der Waals surface area contributed by atoms with E-state index in [1.165, 1.54) is 0 Å². The number of fused-ring (bicyclic) bond motifs is 1. The first kappa shape index (κ1) is 21.1. The second-order valence-electron chi connectivity index (χ2n) is 8.84. The number of rotatable bonds is 4. The van der Waals surface area contributed by atoms with Crippen molar-refractivity contribution in [1.82, 2.24) is 14.7 Å². The van der Waals surface area contributed by atoms with Crippen molar-refractivity contribution < 1.29 is 19.1 Å². The van der Waals surface area contributed by atoms with E-state index in [1.807, 2.05) is 36.6 Å². The molecule has 0 aromatic heterocycles. The lowest BCUT2D eigenvalue weighted by Gasteiger charge is -2.38. The normalized spacial score (nSPS) is 19.7. The van der Waals surface area contributed by atoms with Crippen LogP contribution in [0.25, 0.3) is 0 Å². The molecule has 1 saturated heterocycles. The van der Waals surface area contributed by atoms with E-state index in [1.54, 1.807) is 13.8 Å². The third-order valence-corrected chi connectivity index (χ3v) is 5.45. The number of hydrogen-bond donors (Lipinski definition) is 0. The number of nitrogens with zero attached hydrogens (tertiary/aromatic N) is 3. The largest absolute Gasteiger partial charge is 0.459 e. The minimum absolute atomic E-state index is 0.0419. The van der Waals surface area contributed by atoms with Gasteiger partial charge in [0.2, 0.25) is 5.91 Å². The van der Waals surface area contributed by atoms with Gasteiger partial charge in [-0.15, -0.1) is 0 Å². The predicted molar refractivity (Wildman–Crippen MR) is 110 cm³/mol. The first-order valence-electron chi connectivity index (χ1n) is 10.2. The Labute approximate surface area is 172 Å². The fourth-order valence-electron chi connectivity index (χ4n) is 4.06. The molecular weight excluding hydrogens is 370 g/mol. The van der Waals surface area contributed by atoms with Gasteiger partial charge < -0.3 is 19.4 Å². The highest BCUT2D eigenvalue weighted by Crippen LogP contribution is 2.37. The molecule has 1 aliphatic carbocycles. The van der Waals surface area contributed by atoms with Crippen molar-refractivity contribution in [3.8, 4) is 0 Å². The highest BCUT2D eigenvalue weighted by atomic mass is 16.6. The molecule has 3 aliphatic rings. The van der Waals surface area contributed by atoms with Crippen LogP contribution in [0.5, 0.6) is 0 Å². The predicted octanol–water partition coefficient (Wildman–Crippen LogP) is 1.86. The van der Waals surface area contributed by atoms with E-state index in [9.17, 15) is 14.4 Å². The molecule has 0 spiro atoms. The zero-order chi connectivity index (χ0) is 21.3. The van der Waals surface area contributed by atoms with E-state index in [4.69, 9.17) is 4.74 Å². The zero-order valence-corrected chi connectivity index (χ0v) is 18.1. The number of carbonyl (C=O) groups is 3. The molecule has 0 saturated carbocycles. The molecule has 7 nitrogen and oxygen atoms in total. The van der Waals surface area contributed by atoms with Crippen molar-refractivity contribution >= 4 is 17.7 Å². The van der Waals surface area contributed by atoms with E-state index in [2.05, 4.69) is 11.0 Å². The summed E-state index contributed by atoms with van der Waals surface area (Å²) in [6.45, 7) is 12.3. The maximum absolute atomic E-state index is 12.3. The van der Waals surface area contributed by atoms with E-state index < -0.39 is 5.60 Å². The average molecular weight is 402 g/mol. The maximum Gasteiger partial charge on any atom is 0.326 e. The van der Waals surface area contributed by atoms with Gasteiger partial charge in [-0.2, -0.15) is 0 Å². The standard InChI is InChI=1S/C22H31N3O4/c1-15(26)19-13-25(14-21(28)29-22(3,4)5)20-7-6-17(12-18(19)20)24-10-8-23(9-11-24)16(2)27/h6-7H,8-14H2,1-5H3. The zero-order valence-electron chi connectivity index (χ0n) is 18.1. The smallest absolute Gasteiger partial charge is 0.326 e. The van der Waals surface area contributed by atoms with Crippen LogP contribution < -0.4 is 0 Å². The number of ether oxygens (including phenoxy) is 1. The lowest BCUT2D eigenvalue weighted by molar-refractivity contribution is -0.155. The van der Waals surface area contributed by atoms with Gasteiger partial charge in [0.05, 0.1) is 0 Å². The average Bonchev–Trinajstić information content (AvgIpc) is 2.98. The Kier molecular flexibility index (Phi) is 5.87. The second-order valence-corrected chi connectivity index (χ2v) is 8.84. The Bertz CT molecular complexity index is 808. The van der Waals surface area contributed by atoms with Crippen LogP contribution in [0.4, 0.5) is 0 Å². The number of Topliss-reactive ketones (excluding diaryl/α,β-unsaturated/α-hetero) is 1. The Morgan fingerprint density at radius 3 is 2.24 bits per heavy atom. The van der Waals surface area contributed by atoms with Crippen LogP contribution in [0.15, 0.2) is 34.7 Å². The monoisotopic (exact) mass is 401 g/mol. The van der Waals surface area contributed by atoms with Gasteiger partial charge in [-0.3, -0.25) is 14.4 Å². The topological polar surface area (TPSA) is 70.2 Å². The molecule has 3 rings (SSSR count). The number of hydrogen-bond acceptors (Lipinski definition) is 6. The first-order valence-corrected chi connectivity index (χ1v) is 10.2. The summed E-state index contributed by atoms with van der Waals surface area (Å²) < 4.78 is 5.45. The van der Waals surface area contributed by atoms with Gasteiger partial charge in [0, 0.05) is 63.0 Å². The Balaban J connectivity index is 1.75. The molecule has 1 amide bonds. The van der Waals surface area contributed by atoms with Crippen LogP contribution >= 0.6 is 0 Å². The summed E-state index contributed by atoms with van der Waals surface area (Å²) in [6, 6.07) is 0. The minimum Gasteiger partial charge on any atom is -0.459 e. The lowest BCUT2D eigenvalue weighted by Crippen LogP contribution is -2.47. The summed E-state index contributed by atoms with van der Waals surface area (Å²) in [5, 5.41) is 0. The van der Waals surface area contributed by atoms with Gasteiger partial charge in [0.25, 0.3) is 0 Å². The van der Waals surface area contributed by atoms with E-state index in [0.717, 1.165) is 35.6 Å². The van der Waals surface area contributed by atoms with Crippen molar-refractivity contribution in [2.24, 2.45) is 0 Å². The van der Waals surface area contributed by atoms with Crippen LogP contribution in [0.1, 0.15) is 41.0 Å². The third-order valence-electron chi connectivity index (χ3n) is 5.45. The highest BCUT2D eigenvalue weighted by Gasteiger charge is 2.34. The quantitative estimate of drug-likeness (QED) is 0.670. The number of amides is 1. The summed E-state index contributed by atoms with van der Waals surface area (Å²) in [6.07, 6.45) is 4.75. The van der Waals surface area contributed by atoms with Crippen molar-refractivity contribution in [1.29, 1.82) is 0 Å². The molecule has 0 aromatic rings. The van der Waals surface area contributed by atoms with Gasteiger partial charge >= 0.3 is 5.97 Å². The Morgan fingerprint density at radius 2 is 1.69 bits per heavy atom. The molecule has 7 heteroatoms. The molecule has 0 radical (unpaired) electrons. The maximum atomic E-state index is 12.3. The summed E-state index contributed by atoms with van der Waals surface area (Å²) >= 11 is 0. The molecule has 2 aliphatic heterocycles. The van der Waals surface area contributed by atoms with Gasteiger partial charge in [-0.25, -0.2) is 0 Å². The van der Waals surface area contributed by atoms with Crippen molar-refractivity contribution in [3.05, 3.63) is 34.7 Å². The van der Waals surface area contributed by atoms with Gasteiger partial charge in [-0.1, -0.05) is 0 Å². The molecule has 2 heterocycles. The SMILES string of the molecule is CC(=O)C1=C2CC(N3CCN(C(C)=O)CC3)=CC=C2N(CC(=O)OC(C)(C)C)C1. The molecule has 0 unspecified atom stereocenters. The van der Waals surface area contributed by atoms with Crippen LogP contribution in [-0.2, 0) is 19.1 Å². The fourth-order valence-corrected chi connectivity index (χ4v) is 4.06. The van der Waals surface area contributed by atoms with Gasteiger partial charge in [0.15, 0.2) is 5.78 Å². The lowest BCUT2D eigenvalue weighted by atomic mass is 9.96. The highest BCUT2D eigenvalue weighted by molar-refractivity contribution is 5.96. The first-order chi connectivity index (χ1) is 13.5. The molecule has 29 heavy (non-hydrogen) atoms. The number of allylic oxidation sites excluding steroid dienone is 4. The van der Waals surface area contributed by atoms with Crippen molar-refractivity contribution in [2.75, 3.05) is 39.3 Å². The number of piperazine rings is 1. The Hall–Kier alpha value is -2.57. The number of esters is 1. The van der Waals surface area contributed by atoms with Crippen LogP contribution in [0.3, 0.4) is 0 Å². The molecular formula is C22H31N3O4. The summed E-state index contributed by atoms with van der Waals surface area (Å²) in [5.74, 6) is -0.141. The van der Waals surface area contributed by atoms with E-state index in [-0.39, 0.29) is 24.2 Å². The summed E-state index contributed by atoms with van der Waals surface area (Å²) in [5.41, 5.74) is 3.34. The second kappa shape index (κ2) is 8.05. The van der Waals surface area contributed by atoms with Gasteiger partial charge in [0.1, 0.15) is 12.1 Å². The van der Waals surface area contributed by atoms with Crippen LogP contribution in [-0.4, -0.2) is 77.2 Å². The number of carbonyl (C=O) groups excluding carboxylic acids is 3.